The van der Waals surface area contributed by atoms with Crippen molar-refractivity contribution in [2.45, 2.75) is 85.5 Å². The van der Waals surface area contributed by atoms with E-state index >= 15 is 0 Å². The van der Waals surface area contributed by atoms with Gasteiger partial charge >= 0.3 is 12.1 Å². The second-order valence-corrected chi connectivity index (χ2v) is 9.85. The smallest absolute Gasteiger partial charge is 0.429 e. The van der Waals surface area contributed by atoms with Crippen molar-refractivity contribution < 1.29 is 46.6 Å². The molecule has 1 unspecified atom stereocenters. The molecule has 1 amide bonds. The van der Waals surface area contributed by atoms with E-state index in [1.54, 1.807) is 20.8 Å². The molecule has 11 nitrogen and oxygen atoms in total. The van der Waals surface area contributed by atoms with Gasteiger partial charge in [-0.25, -0.2) is 14.6 Å². The third kappa shape index (κ3) is 9.83. The number of rotatable bonds is 12. The molecule has 0 saturated carbocycles. The summed E-state index contributed by atoms with van der Waals surface area (Å²) in [6.07, 6.45) is -2.03. The number of amides is 1. The zero-order valence-corrected chi connectivity index (χ0v) is 20.0. The summed E-state index contributed by atoms with van der Waals surface area (Å²) in [6.45, 7) is 10.4. The Morgan fingerprint density at radius 2 is 1.68 bits per heavy atom. The Morgan fingerprint density at radius 1 is 1.10 bits per heavy atom. The van der Waals surface area contributed by atoms with Crippen molar-refractivity contribution in [1.82, 2.24) is 5.32 Å². The standard InChI is InChI=1S/C19H35NO10S/c1-8-10-15(30-31(25,26)12-9-11-20-14(4)21)18(5,6)19(7,24)16(22)28-29-17(23)27-13(2)3/h13,15,24H,8-12H2,1-7H3,(H,20,21)/t15?,19-/m0/s1. The zero-order valence-electron chi connectivity index (χ0n) is 19.2. The van der Waals surface area contributed by atoms with Gasteiger partial charge in [0, 0.05) is 18.9 Å². The molecule has 0 aromatic rings. The molecule has 0 radical (unpaired) electrons. The van der Waals surface area contributed by atoms with Gasteiger partial charge in [-0.2, -0.15) is 13.2 Å². The second kappa shape index (κ2) is 12.2. The summed E-state index contributed by atoms with van der Waals surface area (Å²) in [5.74, 6) is -1.95. The molecular formula is C19H35NO10S. The van der Waals surface area contributed by atoms with Gasteiger partial charge in [0.15, 0.2) is 5.60 Å². The van der Waals surface area contributed by atoms with Gasteiger partial charge in [-0.05, 0) is 33.6 Å². The highest BCUT2D eigenvalue weighted by Gasteiger charge is 2.54. The van der Waals surface area contributed by atoms with Crippen LogP contribution in [0.25, 0.3) is 0 Å². The topological polar surface area (TPSA) is 155 Å². The van der Waals surface area contributed by atoms with Crippen LogP contribution in [0.4, 0.5) is 4.79 Å². The quantitative estimate of drug-likeness (QED) is 0.142. The predicted molar refractivity (Wildman–Crippen MR) is 110 cm³/mol. The highest BCUT2D eigenvalue weighted by molar-refractivity contribution is 7.86. The second-order valence-electron chi connectivity index (χ2n) is 8.14. The first-order valence-electron chi connectivity index (χ1n) is 10.0. The third-order valence-electron chi connectivity index (χ3n) is 4.73. The molecule has 0 spiro atoms. The number of hydrogen-bond donors (Lipinski definition) is 2. The lowest BCUT2D eigenvalue weighted by molar-refractivity contribution is -0.268. The van der Waals surface area contributed by atoms with Crippen molar-refractivity contribution in [3.8, 4) is 0 Å². The average Bonchev–Trinajstić information content (AvgIpc) is 2.61. The summed E-state index contributed by atoms with van der Waals surface area (Å²) in [5.41, 5.74) is -3.74. The average molecular weight is 470 g/mol. The van der Waals surface area contributed by atoms with Crippen LogP contribution >= 0.6 is 0 Å². The van der Waals surface area contributed by atoms with Gasteiger partial charge in [0.1, 0.15) is 0 Å². The fourth-order valence-corrected chi connectivity index (χ4v) is 3.76. The number of hydrogen-bond acceptors (Lipinski definition) is 10. The zero-order chi connectivity index (χ0) is 24.5. The van der Waals surface area contributed by atoms with Crippen LogP contribution in [-0.2, 0) is 38.4 Å². The van der Waals surface area contributed by atoms with Crippen molar-refractivity contribution in [1.29, 1.82) is 0 Å². The summed E-state index contributed by atoms with van der Waals surface area (Å²) >= 11 is 0. The molecule has 0 aromatic carbocycles. The molecule has 12 heteroatoms. The van der Waals surface area contributed by atoms with E-state index in [-0.39, 0.29) is 31.0 Å². The molecule has 0 saturated heterocycles. The molecule has 0 aliphatic carbocycles. The monoisotopic (exact) mass is 469 g/mol. The maximum Gasteiger partial charge on any atom is 0.550 e. The number of carbonyl (C=O) groups is 3. The van der Waals surface area contributed by atoms with Crippen molar-refractivity contribution in [3.63, 3.8) is 0 Å². The first-order chi connectivity index (χ1) is 14.1. The Hall–Kier alpha value is -1.92. The summed E-state index contributed by atoms with van der Waals surface area (Å²) in [4.78, 5) is 43.3. The van der Waals surface area contributed by atoms with Crippen LogP contribution in [0.3, 0.4) is 0 Å². The van der Waals surface area contributed by atoms with Gasteiger partial charge in [0.2, 0.25) is 5.91 Å². The Balaban J connectivity index is 5.29. The first kappa shape index (κ1) is 29.1. The Morgan fingerprint density at radius 3 is 2.16 bits per heavy atom. The summed E-state index contributed by atoms with van der Waals surface area (Å²) < 4.78 is 34.8. The van der Waals surface area contributed by atoms with Crippen LogP contribution in [0.2, 0.25) is 0 Å². The van der Waals surface area contributed by atoms with Gasteiger partial charge in [0.05, 0.1) is 18.0 Å². The summed E-state index contributed by atoms with van der Waals surface area (Å²) in [5, 5.41) is 13.3. The van der Waals surface area contributed by atoms with E-state index in [9.17, 15) is 27.9 Å². The summed E-state index contributed by atoms with van der Waals surface area (Å²) in [6, 6.07) is 0. The van der Waals surface area contributed by atoms with Crippen LogP contribution in [0.5, 0.6) is 0 Å². The predicted octanol–water partition coefficient (Wildman–Crippen LogP) is 1.82. The molecule has 0 bridgehead atoms. The molecule has 0 aliphatic heterocycles. The number of carbonyl (C=O) groups excluding carboxylic acids is 3. The van der Waals surface area contributed by atoms with Gasteiger partial charge < -0.3 is 15.2 Å². The van der Waals surface area contributed by atoms with E-state index in [2.05, 4.69) is 19.8 Å². The molecule has 2 atom stereocenters. The Kier molecular flexibility index (Phi) is 11.4. The molecule has 0 aliphatic rings. The molecule has 2 N–H and O–H groups in total. The molecule has 0 fully saturated rings. The maximum atomic E-state index is 12.4. The Labute approximate surface area is 183 Å². The minimum atomic E-state index is -4.03. The van der Waals surface area contributed by atoms with E-state index in [1.165, 1.54) is 20.8 Å². The van der Waals surface area contributed by atoms with E-state index in [0.717, 1.165) is 6.92 Å². The highest BCUT2D eigenvalue weighted by atomic mass is 32.2. The largest absolute Gasteiger partial charge is 0.550 e. The minimum absolute atomic E-state index is 0.130. The van der Waals surface area contributed by atoms with Crippen molar-refractivity contribution >= 4 is 28.1 Å². The third-order valence-corrected chi connectivity index (χ3v) is 6.05. The van der Waals surface area contributed by atoms with Crippen LogP contribution in [0.15, 0.2) is 0 Å². The lowest BCUT2D eigenvalue weighted by Gasteiger charge is -2.42. The fraction of sp³-hybridized carbons (Fsp3) is 0.842. The van der Waals surface area contributed by atoms with E-state index in [0.29, 0.717) is 6.42 Å². The number of aliphatic hydroxyl groups is 1. The molecule has 0 aromatic heterocycles. The molecular weight excluding hydrogens is 434 g/mol. The van der Waals surface area contributed by atoms with Crippen molar-refractivity contribution in [2.24, 2.45) is 5.41 Å². The van der Waals surface area contributed by atoms with E-state index in [1.807, 2.05) is 0 Å². The Bertz CT molecular complexity index is 715. The minimum Gasteiger partial charge on any atom is -0.429 e. The highest BCUT2D eigenvalue weighted by Crippen LogP contribution is 2.39. The summed E-state index contributed by atoms with van der Waals surface area (Å²) in [7, 11) is -4.03. The number of nitrogens with one attached hydrogen (secondary N) is 1. The fourth-order valence-electron chi connectivity index (χ4n) is 2.47. The van der Waals surface area contributed by atoms with Crippen LogP contribution in [-0.4, -0.2) is 61.7 Å². The lowest BCUT2D eigenvalue weighted by Crippen LogP contribution is -2.56. The van der Waals surface area contributed by atoms with E-state index in [4.69, 9.17) is 4.18 Å². The molecule has 0 rings (SSSR count). The molecule has 31 heavy (non-hydrogen) atoms. The maximum absolute atomic E-state index is 12.4. The van der Waals surface area contributed by atoms with Gasteiger partial charge in [-0.15, -0.1) is 0 Å². The van der Waals surface area contributed by atoms with Gasteiger partial charge in [0.25, 0.3) is 10.1 Å². The molecule has 182 valence electrons. The normalized spacial score (nSPS) is 15.0. The van der Waals surface area contributed by atoms with Crippen molar-refractivity contribution in [2.75, 3.05) is 12.3 Å². The number of ether oxygens (including phenoxy) is 1. The molecule has 0 heterocycles. The first-order valence-corrected chi connectivity index (χ1v) is 11.6. The van der Waals surface area contributed by atoms with Crippen molar-refractivity contribution in [3.05, 3.63) is 0 Å². The SMILES string of the molecule is CCCC(OS(=O)(=O)CCCNC(C)=O)C(C)(C)[C@@](C)(O)C(=O)OOC(=O)OC(C)C. The van der Waals surface area contributed by atoms with Crippen LogP contribution < -0.4 is 5.32 Å². The van der Waals surface area contributed by atoms with E-state index < -0.39 is 45.5 Å². The van der Waals surface area contributed by atoms with Gasteiger partial charge in [-0.1, -0.05) is 27.2 Å². The lowest BCUT2D eigenvalue weighted by atomic mass is 9.70. The van der Waals surface area contributed by atoms with Crippen LogP contribution in [0.1, 0.15) is 67.7 Å². The van der Waals surface area contributed by atoms with Gasteiger partial charge in [-0.3, -0.25) is 8.98 Å². The van der Waals surface area contributed by atoms with Crippen LogP contribution in [0, 0.1) is 5.41 Å².